The molecule has 34 heavy (non-hydrogen) atoms. The molecule has 3 amide bonds. The molecule has 0 aliphatic carbocycles. The molecule has 0 unspecified atom stereocenters. The molecule has 0 radical (unpaired) electrons. The van der Waals surface area contributed by atoms with Gasteiger partial charge in [0.1, 0.15) is 11.9 Å². The van der Waals surface area contributed by atoms with E-state index >= 15 is 0 Å². The van der Waals surface area contributed by atoms with Gasteiger partial charge in [0.2, 0.25) is 0 Å². The Hall–Kier alpha value is -4.13. The standard InChI is InChI=1S/C27H25N3O4/c1-3-14-29-24(28-22-11-7-6-10-21(22)27(29)33)17-12-13-23(34-2)18(15-17)16-30-25(31)19-8-4-5-9-20(19)26(30)32/h4-13,15,24,28H,3,14,16H2,1-2H3/t24-/m0/s1. The van der Waals surface area contributed by atoms with Gasteiger partial charge in [-0.2, -0.15) is 0 Å². The Morgan fingerprint density at radius 3 is 2.15 bits per heavy atom. The van der Waals surface area contributed by atoms with Crippen molar-refractivity contribution in [3.05, 3.63) is 94.5 Å². The normalized spacial score (nSPS) is 16.9. The van der Waals surface area contributed by atoms with Crippen LogP contribution in [0.5, 0.6) is 5.75 Å². The van der Waals surface area contributed by atoms with E-state index in [2.05, 4.69) is 5.32 Å². The molecule has 172 valence electrons. The number of nitrogens with zero attached hydrogens (tertiary/aromatic N) is 2. The fourth-order valence-corrected chi connectivity index (χ4v) is 4.67. The van der Waals surface area contributed by atoms with Crippen LogP contribution in [-0.2, 0) is 6.54 Å². The number of rotatable bonds is 6. The number of ether oxygens (including phenoxy) is 1. The van der Waals surface area contributed by atoms with Gasteiger partial charge >= 0.3 is 0 Å². The fourth-order valence-electron chi connectivity index (χ4n) is 4.67. The number of carbonyl (C=O) groups is 3. The quantitative estimate of drug-likeness (QED) is 0.555. The molecule has 7 heteroatoms. The van der Waals surface area contributed by atoms with Crippen molar-refractivity contribution < 1.29 is 19.1 Å². The Kier molecular flexibility index (Phi) is 5.53. The molecule has 0 bridgehead atoms. The predicted octanol–water partition coefficient (Wildman–Crippen LogP) is 4.47. The van der Waals surface area contributed by atoms with Crippen LogP contribution >= 0.6 is 0 Å². The number of methoxy groups -OCH3 is 1. The lowest BCUT2D eigenvalue weighted by atomic mass is 10.0. The Bertz CT molecular complexity index is 1270. The highest BCUT2D eigenvalue weighted by molar-refractivity contribution is 6.21. The summed E-state index contributed by atoms with van der Waals surface area (Å²) in [6.07, 6.45) is 0.429. The molecule has 2 aliphatic heterocycles. The third-order valence-corrected chi connectivity index (χ3v) is 6.31. The molecule has 0 saturated carbocycles. The summed E-state index contributed by atoms with van der Waals surface area (Å²) in [4.78, 5) is 42.1. The van der Waals surface area contributed by atoms with Gasteiger partial charge in [-0.15, -0.1) is 0 Å². The number of anilines is 1. The average Bonchev–Trinajstić information content (AvgIpc) is 3.10. The lowest BCUT2D eigenvalue weighted by Gasteiger charge is -2.38. The topological polar surface area (TPSA) is 79.0 Å². The first-order valence-electron chi connectivity index (χ1n) is 11.3. The number of imide groups is 1. The van der Waals surface area contributed by atoms with Gasteiger partial charge in [0, 0.05) is 17.8 Å². The van der Waals surface area contributed by atoms with Crippen molar-refractivity contribution in [2.75, 3.05) is 19.0 Å². The minimum absolute atomic E-state index is 0.0288. The fraction of sp³-hybridized carbons (Fsp3) is 0.222. The summed E-state index contributed by atoms with van der Waals surface area (Å²) >= 11 is 0. The minimum Gasteiger partial charge on any atom is -0.496 e. The number of hydrogen-bond donors (Lipinski definition) is 1. The first-order valence-corrected chi connectivity index (χ1v) is 11.3. The van der Waals surface area contributed by atoms with E-state index in [0.29, 0.717) is 34.5 Å². The van der Waals surface area contributed by atoms with Crippen molar-refractivity contribution in [3.63, 3.8) is 0 Å². The van der Waals surface area contributed by atoms with Crippen molar-refractivity contribution in [3.8, 4) is 5.75 Å². The van der Waals surface area contributed by atoms with Gasteiger partial charge in [-0.05, 0) is 48.4 Å². The van der Waals surface area contributed by atoms with E-state index in [-0.39, 0.29) is 30.4 Å². The molecular weight excluding hydrogens is 430 g/mol. The smallest absolute Gasteiger partial charge is 0.261 e. The van der Waals surface area contributed by atoms with E-state index in [0.717, 1.165) is 17.7 Å². The Morgan fingerprint density at radius 1 is 0.853 bits per heavy atom. The minimum atomic E-state index is -0.380. The zero-order valence-corrected chi connectivity index (χ0v) is 19.1. The number of para-hydroxylation sites is 1. The Morgan fingerprint density at radius 2 is 1.50 bits per heavy atom. The van der Waals surface area contributed by atoms with Gasteiger partial charge < -0.3 is 15.0 Å². The molecule has 0 aromatic heterocycles. The maximum absolute atomic E-state index is 13.3. The summed E-state index contributed by atoms with van der Waals surface area (Å²) in [6, 6.07) is 19.9. The van der Waals surface area contributed by atoms with Gasteiger partial charge in [0.15, 0.2) is 0 Å². The van der Waals surface area contributed by atoms with Crippen LogP contribution in [-0.4, -0.2) is 41.2 Å². The van der Waals surface area contributed by atoms with Crippen LogP contribution in [0, 0.1) is 0 Å². The third-order valence-electron chi connectivity index (χ3n) is 6.31. The maximum Gasteiger partial charge on any atom is 0.261 e. The second kappa shape index (κ2) is 8.67. The van der Waals surface area contributed by atoms with E-state index in [1.54, 1.807) is 31.4 Å². The van der Waals surface area contributed by atoms with E-state index in [9.17, 15) is 14.4 Å². The Balaban J connectivity index is 1.51. The molecule has 0 fully saturated rings. The lowest BCUT2D eigenvalue weighted by Crippen LogP contribution is -2.43. The van der Waals surface area contributed by atoms with Crippen LogP contribution in [0.1, 0.15) is 61.7 Å². The first kappa shape index (κ1) is 21.7. The summed E-state index contributed by atoms with van der Waals surface area (Å²) in [5, 5.41) is 3.49. The number of carbonyl (C=O) groups excluding carboxylic acids is 3. The molecule has 2 heterocycles. The monoisotopic (exact) mass is 455 g/mol. The molecule has 1 N–H and O–H groups in total. The van der Waals surface area contributed by atoms with Crippen LogP contribution in [0.15, 0.2) is 66.7 Å². The van der Waals surface area contributed by atoms with E-state index in [1.165, 1.54) is 4.90 Å². The van der Waals surface area contributed by atoms with Crippen LogP contribution in [0.2, 0.25) is 0 Å². The summed E-state index contributed by atoms with van der Waals surface area (Å²) in [6.45, 7) is 2.70. The highest BCUT2D eigenvalue weighted by Crippen LogP contribution is 2.35. The molecule has 3 aromatic rings. The van der Waals surface area contributed by atoms with Gasteiger partial charge in [-0.1, -0.05) is 37.3 Å². The molecule has 7 nitrogen and oxygen atoms in total. The number of nitrogens with one attached hydrogen (secondary N) is 1. The number of amides is 3. The van der Waals surface area contributed by atoms with Gasteiger partial charge in [-0.3, -0.25) is 19.3 Å². The van der Waals surface area contributed by atoms with E-state index in [4.69, 9.17) is 4.74 Å². The Labute approximate surface area is 197 Å². The van der Waals surface area contributed by atoms with Gasteiger partial charge in [-0.25, -0.2) is 0 Å². The lowest BCUT2D eigenvalue weighted by molar-refractivity contribution is 0.0640. The third kappa shape index (κ3) is 3.50. The van der Waals surface area contributed by atoms with E-state index in [1.807, 2.05) is 54.3 Å². The number of fused-ring (bicyclic) bond motifs is 2. The zero-order valence-electron chi connectivity index (χ0n) is 19.1. The molecule has 0 saturated heterocycles. The molecule has 2 aliphatic rings. The molecular formula is C27H25N3O4. The molecule has 1 atom stereocenters. The van der Waals surface area contributed by atoms with Crippen molar-refractivity contribution in [2.24, 2.45) is 0 Å². The molecule has 5 rings (SSSR count). The van der Waals surface area contributed by atoms with Crippen molar-refractivity contribution in [1.29, 1.82) is 0 Å². The summed E-state index contributed by atoms with van der Waals surface area (Å²) < 4.78 is 5.55. The van der Waals surface area contributed by atoms with Gasteiger partial charge in [0.25, 0.3) is 17.7 Å². The van der Waals surface area contributed by atoms with Gasteiger partial charge in [0.05, 0.1) is 30.3 Å². The summed E-state index contributed by atoms with van der Waals surface area (Å²) in [5.74, 6) is -0.0927. The largest absolute Gasteiger partial charge is 0.496 e. The summed E-state index contributed by atoms with van der Waals surface area (Å²) in [7, 11) is 1.56. The molecule has 3 aromatic carbocycles. The number of benzene rings is 3. The molecule has 0 spiro atoms. The predicted molar refractivity (Wildman–Crippen MR) is 128 cm³/mol. The number of hydrogen-bond acceptors (Lipinski definition) is 5. The second-order valence-electron chi connectivity index (χ2n) is 8.40. The van der Waals surface area contributed by atoms with Crippen LogP contribution in [0.25, 0.3) is 0 Å². The van der Waals surface area contributed by atoms with Crippen LogP contribution in [0.4, 0.5) is 5.69 Å². The highest BCUT2D eigenvalue weighted by atomic mass is 16.5. The SMILES string of the molecule is CCCN1C(=O)c2ccccc2N[C@@H]1c1ccc(OC)c(CN2C(=O)c3ccccc3C2=O)c1. The van der Waals surface area contributed by atoms with Crippen molar-refractivity contribution >= 4 is 23.4 Å². The van der Waals surface area contributed by atoms with Crippen LogP contribution in [0.3, 0.4) is 0 Å². The zero-order chi connectivity index (χ0) is 23.8. The highest BCUT2D eigenvalue weighted by Gasteiger charge is 2.36. The maximum atomic E-state index is 13.3. The first-order chi connectivity index (χ1) is 16.5. The van der Waals surface area contributed by atoms with E-state index < -0.39 is 0 Å². The van der Waals surface area contributed by atoms with Crippen LogP contribution < -0.4 is 10.1 Å². The summed E-state index contributed by atoms with van der Waals surface area (Å²) in [5.41, 5.74) is 3.79. The average molecular weight is 456 g/mol. The van der Waals surface area contributed by atoms with Crippen molar-refractivity contribution in [1.82, 2.24) is 9.80 Å². The van der Waals surface area contributed by atoms with Crippen molar-refractivity contribution in [2.45, 2.75) is 26.1 Å². The second-order valence-corrected chi connectivity index (χ2v) is 8.40.